The summed E-state index contributed by atoms with van der Waals surface area (Å²) in [6.45, 7) is 14.4. The van der Waals surface area contributed by atoms with Gasteiger partial charge in [-0.1, -0.05) is 12.1 Å². The molecule has 20 nitrogen and oxygen atoms in total. The van der Waals surface area contributed by atoms with Gasteiger partial charge in [-0.05, 0) is 66.0 Å². The molecule has 0 aliphatic rings. The van der Waals surface area contributed by atoms with Gasteiger partial charge in [0.2, 0.25) is 5.91 Å². The lowest BCUT2D eigenvalue weighted by molar-refractivity contribution is -0.118. The Morgan fingerprint density at radius 1 is 0.964 bits per heavy atom. The molecular weight excluding hydrogens is 897 g/mol. The standard InChI is InChI=1S/C14H20BrN5O3.C5H5BrN4O2.C5H11O.C4H5NO.CHF3O3S/c1-5-14(3,4)20-8(21)6-7(2)23-13(22)9-11(16)19-12(17)10(15)18-9;6-2-4(8)10-3(7)1(9-2)5(11)12;1-4-5(2,3)6;1-4-2-3-5-6-4;2-1(3,4)8(5,6)7/h6H,5H2,1-4H3,(H,20,21)(H4,16,17,19);(H,11,12)(H4,7,8,10);4,6H,1-3H3;2-3H,1H3;(H,5,6,7)/q;;+1;;/b7-6+;;;;. The monoisotopic (exact) mass is 937 g/mol. The molecule has 0 aliphatic heterocycles. The summed E-state index contributed by atoms with van der Waals surface area (Å²) in [5.74, 6) is -1.68. The number of hydrogen-bond acceptors (Lipinski definition) is 17. The van der Waals surface area contributed by atoms with Gasteiger partial charge < -0.3 is 47.7 Å². The molecule has 12 N–H and O–H groups in total. The summed E-state index contributed by atoms with van der Waals surface area (Å²) in [6, 6.07) is 1.81. The molecule has 3 rings (SSSR count). The minimum absolute atomic E-state index is 0.0625. The van der Waals surface area contributed by atoms with Crippen molar-refractivity contribution in [1.29, 1.82) is 0 Å². The number of alkyl halides is 3. The van der Waals surface area contributed by atoms with Crippen LogP contribution in [0.1, 0.15) is 81.6 Å². The number of anilines is 4. The number of carboxylic acids is 1. The van der Waals surface area contributed by atoms with Gasteiger partial charge in [0, 0.05) is 31.5 Å². The Labute approximate surface area is 330 Å². The number of aryl methyl sites for hydroxylation is 1. The minimum atomic E-state index is -5.84. The number of hydrogen-bond donors (Lipinski definition) is 8. The Morgan fingerprint density at radius 3 is 1.69 bits per heavy atom. The lowest BCUT2D eigenvalue weighted by atomic mass is 10.0. The van der Waals surface area contributed by atoms with Crippen molar-refractivity contribution in [3.63, 3.8) is 0 Å². The number of carbonyl (C=O) groups is 3. The number of nitrogens with zero attached hydrogens (tertiary/aromatic N) is 5. The number of nitrogen functional groups attached to an aromatic ring is 4. The maximum absolute atomic E-state index is 12.0. The van der Waals surface area contributed by atoms with Gasteiger partial charge in [0.25, 0.3) is 0 Å². The first-order chi connectivity index (χ1) is 24.8. The number of ether oxygens (including phenoxy) is 1. The number of nitrogens with two attached hydrogens (primary N) is 4. The number of aromatic carboxylic acids is 1. The van der Waals surface area contributed by atoms with E-state index in [0.717, 1.165) is 12.2 Å². The lowest BCUT2D eigenvalue weighted by Gasteiger charge is -2.23. The number of carbonyl (C=O) groups excluding carboxylic acids is 2. The molecule has 0 saturated heterocycles. The Balaban J connectivity index is 0. The van der Waals surface area contributed by atoms with Gasteiger partial charge in [0.05, 0.1) is 13.1 Å². The van der Waals surface area contributed by atoms with E-state index in [2.05, 4.69) is 66.8 Å². The predicted octanol–water partition coefficient (Wildman–Crippen LogP) is 4.23. The highest BCUT2D eigenvalue weighted by Crippen LogP contribution is 2.21. The second kappa shape index (κ2) is 22.6. The highest BCUT2D eigenvalue weighted by atomic mass is 79.9. The van der Waals surface area contributed by atoms with Gasteiger partial charge in [0.1, 0.15) is 27.1 Å². The third-order valence-electron chi connectivity index (χ3n) is 5.70. The van der Waals surface area contributed by atoms with Crippen LogP contribution in [0, 0.1) is 13.3 Å². The van der Waals surface area contributed by atoms with Crippen molar-refractivity contribution in [2.24, 2.45) is 0 Å². The maximum atomic E-state index is 12.0. The highest BCUT2D eigenvalue weighted by molar-refractivity contribution is 9.10. The van der Waals surface area contributed by atoms with Crippen LogP contribution in [-0.2, 0) is 19.6 Å². The predicted molar refractivity (Wildman–Crippen MR) is 201 cm³/mol. The van der Waals surface area contributed by atoms with E-state index < -0.39 is 33.2 Å². The first kappa shape index (κ1) is 52.3. The average molecular weight is 940 g/mol. The molecule has 3 aromatic heterocycles. The zero-order chi connectivity index (χ0) is 43.7. The van der Waals surface area contributed by atoms with Gasteiger partial charge in [-0.2, -0.15) is 21.6 Å². The molecule has 308 valence electrons. The Morgan fingerprint density at radius 2 is 1.38 bits per heavy atom. The van der Waals surface area contributed by atoms with Crippen LogP contribution >= 0.6 is 31.9 Å². The van der Waals surface area contributed by atoms with Crippen LogP contribution in [0.25, 0.3) is 0 Å². The zero-order valence-corrected chi connectivity index (χ0v) is 34.5. The van der Waals surface area contributed by atoms with E-state index >= 15 is 0 Å². The summed E-state index contributed by atoms with van der Waals surface area (Å²) in [6.07, 6.45) is 5.31. The molecule has 0 spiro atoms. The Hall–Kier alpha value is -4.79. The van der Waals surface area contributed by atoms with Crippen LogP contribution in [0.5, 0.6) is 0 Å². The summed E-state index contributed by atoms with van der Waals surface area (Å²) < 4.78 is 67.5. The van der Waals surface area contributed by atoms with Gasteiger partial charge in [-0.3, -0.25) is 9.35 Å². The zero-order valence-electron chi connectivity index (χ0n) is 30.6. The minimum Gasteiger partial charge on any atom is -0.476 e. The first-order valence-electron chi connectivity index (χ1n) is 14.8. The third-order valence-corrected chi connectivity index (χ3v) is 7.46. The molecule has 1 amide bonds. The summed E-state index contributed by atoms with van der Waals surface area (Å²) in [7, 11) is -5.84. The second-order valence-electron chi connectivity index (χ2n) is 11.4. The van der Waals surface area contributed by atoms with Gasteiger partial charge in [-0.25, -0.2) is 29.5 Å². The molecule has 3 aromatic rings. The van der Waals surface area contributed by atoms with E-state index in [9.17, 15) is 27.6 Å². The molecule has 0 aliphatic carbocycles. The van der Waals surface area contributed by atoms with Crippen LogP contribution in [-0.4, -0.2) is 82.8 Å². The second-order valence-corrected chi connectivity index (χ2v) is 14.3. The van der Waals surface area contributed by atoms with E-state index in [1.54, 1.807) is 32.5 Å². The average Bonchev–Trinajstić information content (AvgIpc) is 3.50. The highest BCUT2D eigenvalue weighted by Gasteiger charge is 2.44. The number of carboxylic acid groups (broad SMARTS) is 1. The molecule has 0 atom stereocenters. The summed E-state index contributed by atoms with van der Waals surface area (Å²) in [5.41, 5.74) is 14.7. The van der Waals surface area contributed by atoms with E-state index in [4.69, 9.17) is 50.9 Å². The van der Waals surface area contributed by atoms with Crippen LogP contribution in [0.3, 0.4) is 0 Å². The van der Waals surface area contributed by atoms with E-state index in [1.807, 2.05) is 34.6 Å². The van der Waals surface area contributed by atoms with Crippen LogP contribution in [0.15, 0.2) is 37.8 Å². The van der Waals surface area contributed by atoms with Crippen molar-refractivity contribution in [3.8, 4) is 0 Å². The van der Waals surface area contributed by atoms with Gasteiger partial charge in [-0.15, -0.1) is 0 Å². The molecule has 26 heteroatoms. The smallest absolute Gasteiger partial charge is 0.476 e. The van der Waals surface area contributed by atoms with Crippen molar-refractivity contribution >= 4 is 83.1 Å². The fourth-order valence-electron chi connectivity index (χ4n) is 2.34. The van der Waals surface area contributed by atoms with Gasteiger partial charge in [0.15, 0.2) is 40.3 Å². The molecule has 55 heavy (non-hydrogen) atoms. The van der Waals surface area contributed by atoms with E-state index in [-0.39, 0.29) is 61.1 Å². The number of esters is 1. The molecule has 0 saturated carbocycles. The number of nitrogens with one attached hydrogen (secondary N) is 1. The lowest BCUT2D eigenvalue weighted by Crippen LogP contribution is -2.42. The van der Waals surface area contributed by atoms with Crippen molar-refractivity contribution in [2.75, 3.05) is 22.9 Å². The first-order valence-corrected chi connectivity index (χ1v) is 17.9. The third kappa shape index (κ3) is 22.2. The SMILES string of the molecule is CCC(C)(C)NC(=O)/C=C(\C)OC(=O)c1nc(Br)c(N)nc1N.C[CH+]C(C)(C)O.Cc1ccno1.Nc1nc(N)c(C(=O)O)nc1Br.O=S(=O)(O)C(F)(F)F. The summed E-state index contributed by atoms with van der Waals surface area (Å²) in [5, 5.41) is 23.5. The molecule has 0 aromatic carbocycles. The maximum Gasteiger partial charge on any atom is 0.522 e. The summed E-state index contributed by atoms with van der Waals surface area (Å²) in [4.78, 5) is 49.1. The topological polar surface area (TPSA) is 349 Å². The van der Waals surface area contributed by atoms with Crippen LogP contribution in [0.2, 0.25) is 0 Å². The quantitative estimate of drug-likeness (QED) is 0.0410. The number of rotatable bonds is 7. The normalized spacial score (nSPS) is 11.4. The van der Waals surface area contributed by atoms with Crippen molar-refractivity contribution in [3.05, 3.63) is 56.9 Å². The largest absolute Gasteiger partial charge is 0.522 e. The number of aliphatic hydroxyl groups is 1. The van der Waals surface area contributed by atoms with Crippen molar-refractivity contribution < 1.29 is 60.0 Å². The van der Waals surface area contributed by atoms with Gasteiger partial charge >= 0.3 is 27.6 Å². The van der Waals surface area contributed by atoms with E-state index in [0.29, 0.717) is 0 Å². The number of aromatic nitrogens is 5. The number of amides is 1. The number of halogens is 5. The Bertz CT molecular complexity index is 1880. The van der Waals surface area contributed by atoms with Crippen LogP contribution in [0.4, 0.5) is 36.4 Å². The van der Waals surface area contributed by atoms with Crippen molar-refractivity contribution in [2.45, 2.75) is 78.5 Å². The fourth-order valence-corrected chi connectivity index (χ4v) is 2.87. The fraction of sp³-hybridized carbons (Fsp3) is 0.414. The van der Waals surface area contributed by atoms with Crippen LogP contribution < -0.4 is 28.3 Å². The molecule has 3 heterocycles. The summed E-state index contributed by atoms with van der Waals surface area (Å²) >= 11 is 5.99. The molecule has 0 bridgehead atoms. The van der Waals surface area contributed by atoms with Crippen molar-refractivity contribution in [1.82, 2.24) is 30.4 Å². The molecule has 0 unspecified atom stereocenters. The molecule has 0 radical (unpaired) electrons. The Kier molecular flexibility index (Phi) is 21.5. The number of allylic oxidation sites excluding steroid dienone is 1. The molecule has 0 fully saturated rings. The molecular formula is C29H42Br2F3N10O10S+. The van der Waals surface area contributed by atoms with E-state index in [1.165, 1.54) is 13.0 Å².